The second-order valence-electron chi connectivity index (χ2n) is 5.62. The number of nitrogens with one attached hydrogen (secondary N) is 1. The molecule has 0 saturated heterocycles. The van der Waals surface area contributed by atoms with Crippen LogP contribution in [0.15, 0.2) is 60.7 Å². The second kappa shape index (κ2) is 8.13. The Balaban J connectivity index is 2.10. The van der Waals surface area contributed by atoms with Crippen molar-refractivity contribution in [2.45, 2.75) is 19.3 Å². The SMILES string of the molecule is CC(CNC(=O)CC(c1ccccc1)c1ccccc1)C(=O)O. The summed E-state index contributed by atoms with van der Waals surface area (Å²) in [7, 11) is 0. The molecule has 2 N–H and O–H groups in total. The van der Waals surface area contributed by atoms with Crippen LogP contribution in [0.4, 0.5) is 0 Å². The van der Waals surface area contributed by atoms with E-state index < -0.39 is 11.9 Å². The highest BCUT2D eigenvalue weighted by atomic mass is 16.4. The third-order valence-corrected chi connectivity index (χ3v) is 3.82. The summed E-state index contributed by atoms with van der Waals surface area (Å²) in [5.74, 6) is -1.69. The summed E-state index contributed by atoms with van der Waals surface area (Å²) in [6.45, 7) is 1.72. The van der Waals surface area contributed by atoms with Crippen LogP contribution in [0.25, 0.3) is 0 Å². The van der Waals surface area contributed by atoms with Gasteiger partial charge in [-0.05, 0) is 11.1 Å². The van der Waals surface area contributed by atoms with Crippen LogP contribution < -0.4 is 5.32 Å². The number of carboxylic acid groups (broad SMARTS) is 1. The van der Waals surface area contributed by atoms with Gasteiger partial charge < -0.3 is 10.4 Å². The Morgan fingerprint density at radius 2 is 1.43 bits per heavy atom. The molecule has 0 spiro atoms. The van der Waals surface area contributed by atoms with Crippen LogP contribution in [0.5, 0.6) is 0 Å². The van der Waals surface area contributed by atoms with Crippen molar-refractivity contribution in [3.8, 4) is 0 Å². The number of hydrogen-bond acceptors (Lipinski definition) is 2. The van der Waals surface area contributed by atoms with E-state index in [0.29, 0.717) is 6.42 Å². The van der Waals surface area contributed by atoms with E-state index in [1.807, 2.05) is 60.7 Å². The van der Waals surface area contributed by atoms with Gasteiger partial charge in [-0.25, -0.2) is 0 Å². The highest BCUT2D eigenvalue weighted by molar-refractivity contribution is 5.78. The van der Waals surface area contributed by atoms with E-state index >= 15 is 0 Å². The molecule has 0 heterocycles. The number of rotatable bonds is 7. The third-order valence-electron chi connectivity index (χ3n) is 3.82. The lowest BCUT2D eigenvalue weighted by Gasteiger charge is -2.18. The quantitative estimate of drug-likeness (QED) is 0.826. The minimum absolute atomic E-state index is 0.0439. The predicted octanol–water partition coefficient (Wildman–Crippen LogP) is 3.05. The average Bonchev–Trinajstić information content (AvgIpc) is 2.59. The molecule has 1 atom stereocenters. The molecule has 1 amide bonds. The van der Waals surface area contributed by atoms with Crippen molar-refractivity contribution in [1.29, 1.82) is 0 Å². The molecular weight excluding hydrogens is 290 g/mol. The van der Waals surface area contributed by atoms with Gasteiger partial charge in [-0.1, -0.05) is 67.6 Å². The summed E-state index contributed by atoms with van der Waals surface area (Å²) in [5, 5.41) is 11.6. The summed E-state index contributed by atoms with van der Waals surface area (Å²) in [6.07, 6.45) is 0.292. The molecule has 1 unspecified atom stereocenters. The zero-order valence-electron chi connectivity index (χ0n) is 13.1. The molecule has 4 nitrogen and oxygen atoms in total. The molecule has 120 valence electrons. The van der Waals surface area contributed by atoms with Crippen molar-refractivity contribution in [3.05, 3.63) is 71.8 Å². The van der Waals surface area contributed by atoms with Crippen molar-refractivity contribution in [3.63, 3.8) is 0 Å². The summed E-state index contributed by atoms with van der Waals surface area (Å²) in [4.78, 5) is 23.0. The van der Waals surface area contributed by atoms with E-state index in [9.17, 15) is 9.59 Å². The van der Waals surface area contributed by atoms with Gasteiger partial charge in [-0.2, -0.15) is 0 Å². The molecule has 0 radical (unpaired) electrons. The molecule has 0 fully saturated rings. The third kappa shape index (κ3) is 4.95. The van der Waals surface area contributed by atoms with Crippen LogP contribution in [0.3, 0.4) is 0 Å². The van der Waals surface area contributed by atoms with Crippen molar-refractivity contribution in [2.24, 2.45) is 5.92 Å². The number of benzene rings is 2. The van der Waals surface area contributed by atoms with Crippen LogP contribution >= 0.6 is 0 Å². The fourth-order valence-electron chi connectivity index (χ4n) is 2.41. The van der Waals surface area contributed by atoms with Gasteiger partial charge in [0.15, 0.2) is 0 Å². The zero-order valence-corrected chi connectivity index (χ0v) is 13.1. The second-order valence-corrected chi connectivity index (χ2v) is 5.62. The maximum absolute atomic E-state index is 12.2. The van der Waals surface area contributed by atoms with Crippen LogP contribution in [0, 0.1) is 5.92 Å². The molecule has 0 aromatic heterocycles. The monoisotopic (exact) mass is 311 g/mol. The Morgan fingerprint density at radius 1 is 0.957 bits per heavy atom. The lowest BCUT2D eigenvalue weighted by atomic mass is 9.88. The summed E-state index contributed by atoms with van der Waals surface area (Å²) < 4.78 is 0. The first-order chi connectivity index (χ1) is 11.1. The lowest BCUT2D eigenvalue weighted by Crippen LogP contribution is -2.32. The maximum Gasteiger partial charge on any atom is 0.308 e. The molecule has 0 aliphatic heterocycles. The number of amides is 1. The first kappa shape index (κ1) is 16.7. The molecule has 0 aliphatic carbocycles. The number of carboxylic acids is 1. The van der Waals surface area contributed by atoms with Crippen LogP contribution in [0.2, 0.25) is 0 Å². The minimum atomic E-state index is -0.909. The van der Waals surface area contributed by atoms with Gasteiger partial charge in [0.05, 0.1) is 5.92 Å². The van der Waals surface area contributed by atoms with Gasteiger partial charge in [0.2, 0.25) is 5.91 Å². The Bertz CT molecular complexity index is 601. The largest absolute Gasteiger partial charge is 0.481 e. The number of carbonyl (C=O) groups excluding carboxylic acids is 1. The number of aliphatic carboxylic acids is 1. The van der Waals surface area contributed by atoms with E-state index in [2.05, 4.69) is 5.32 Å². The van der Waals surface area contributed by atoms with Gasteiger partial charge in [0, 0.05) is 18.9 Å². The average molecular weight is 311 g/mol. The van der Waals surface area contributed by atoms with Crippen LogP contribution in [-0.4, -0.2) is 23.5 Å². The highest BCUT2D eigenvalue weighted by Gasteiger charge is 2.19. The standard InChI is InChI=1S/C19H21NO3/c1-14(19(22)23)13-20-18(21)12-17(15-8-4-2-5-9-15)16-10-6-3-7-11-16/h2-11,14,17H,12-13H2,1H3,(H,20,21)(H,22,23). The zero-order chi connectivity index (χ0) is 16.7. The molecule has 2 aromatic carbocycles. The predicted molar refractivity (Wildman–Crippen MR) is 89.2 cm³/mol. The normalized spacial score (nSPS) is 11.9. The molecular formula is C19H21NO3. The molecule has 23 heavy (non-hydrogen) atoms. The Kier molecular flexibility index (Phi) is 5.92. The van der Waals surface area contributed by atoms with Crippen molar-refractivity contribution < 1.29 is 14.7 Å². The summed E-state index contributed by atoms with van der Waals surface area (Å²) in [5.41, 5.74) is 2.14. The summed E-state index contributed by atoms with van der Waals surface area (Å²) >= 11 is 0. The molecule has 0 saturated carbocycles. The lowest BCUT2D eigenvalue weighted by molar-refractivity contribution is -0.141. The van der Waals surface area contributed by atoms with Crippen molar-refractivity contribution >= 4 is 11.9 Å². The first-order valence-corrected chi connectivity index (χ1v) is 7.67. The topological polar surface area (TPSA) is 66.4 Å². The number of hydrogen-bond donors (Lipinski definition) is 2. The maximum atomic E-state index is 12.2. The van der Waals surface area contributed by atoms with Gasteiger partial charge in [0.1, 0.15) is 0 Å². The molecule has 0 aliphatic rings. The number of carbonyl (C=O) groups is 2. The van der Waals surface area contributed by atoms with Crippen molar-refractivity contribution in [2.75, 3.05) is 6.54 Å². The van der Waals surface area contributed by atoms with E-state index in [-0.39, 0.29) is 18.4 Å². The van der Waals surface area contributed by atoms with Gasteiger partial charge in [-0.15, -0.1) is 0 Å². The molecule has 4 heteroatoms. The molecule has 0 bridgehead atoms. The van der Waals surface area contributed by atoms with E-state index in [0.717, 1.165) is 11.1 Å². The van der Waals surface area contributed by atoms with Crippen LogP contribution in [-0.2, 0) is 9.59 Å². The Morgan fingerprint density at radius 3 is 1.87 bits per heavy atom. The van der Waals surface area contributed by atoms with Crippen molar-refractivity contribution in [1.82, 2.24) is 5.32 Å². The Labute approximate surface area is 136 Å². The Hall–Kier alpha value is -2.62. The molecule has 2 aromatic rings. The van der Waals surface area contributed by atoms with Crippen LogP contribution in [0.1, 0.15) is 30.4 Å². The smallest absolute Gasteiger partial charge is 0.308 e. The summed E-state index contributed by atoms with van der Waals surface area (Å²) in [6, 6.07) is 19.7. The molecule has 2 rings (SSSR count). The highest BCUT2D eigenvalue weighted by Crippen LogP contribution is 2.27. The van der Waals surface area contributed by atoms with Gasteiger partial charge in [0.25, 0.3) is 0 Å². The van der Waals surface area contributed by atoms with E-state index in [4.69, 9.17) is 5.11 Å². The van der Waals surface area contributed by atoms with E-state index in [1.54, 1.807) is 6.92 Å². The first-order valence-electron chi connectivity index (χ1n) is 7.67. The minimum Gasteiger partial charge on any atom is -0.481 e. The van der Waals surface area contributed by atoms with Gasteiger partial charge >= 0.3 is 5.97 Å². The van der Waals surface area contributed by atoms with Gasteiger partial charge in [-0.3, -0.25) is 9.59 Å². The fraction of sp³-hybridized carbons (Fsp3) is 0.263. The fourth-order valence-corrected chi connectivity index (χ4v) is 2.41. The van der Waals surface area contributed by atoms with E-state index in [1.165, 1.54) is 0 Å².